The molecule has 1 aliphatic rings. The summed E-state index contributed by atoms with van der Waals surface area (Å²) in [6, 6.07) is 7.42. The molecule has 0 atom stereocenters. The van der Waals surface area contributed by atoms with Gasteiger partial charge in [-0.3, -0.25) is 9.59 Å². The number of carboxylic acids is 1. The van der Waals surface area contributed by atoms with Gasteiger partial charge in [0.25, 0.3) is 0 Å². The largest absolute Gasteiger partial charge is 0.481 e. The van der Waals surface area contributed by atoms with Gasteiger partial charge in [0, 0.05) is 11.6 Å². The molecule has 2 rings (SSSR count). The lowest BCUT2D eigenvalue weighted by atomic mass is 9.77. The van der Waals surface area contributed by atoms with Crippen LogP contribution in [0.2, 0.25) is 5.02 Å². The molecular weight excluding hydrogens is 302 g/mol. The van der Waals surface area contributed by atoms with E-state index in [-0.39, 0.29) is 12.5 Å². The summed E-state index contributed by atoms with van der Waals surface area (Å²) < 4.78 is 0. The van der Waals surface area contributed by atoms with Gasteiger partial charge in [-0.15, -0.1) is 0 Å². The maximum absolute atomic E-state index is 12.8. The molecule has 1 amide bonds. The quantitative estimate of drug-likeness (QED) is 0.873. The standard InChI is InChI=1S/C17H22ClNO3/c1-16(2,15(21)22)11-19-14(20)17(8-3-4-9-17)12-6-5-7-13(18)10-12/h5-7,10H,3-4,8-9,11H2,1-2H3,(H,19,20)(H,21,22). The summed E-state index contributed by atoms with van der Waals surface area (Å²) >= 11 is 6.07. The summed E-state index contributed by atoms with van der Waals surface area (Å²) in [5.74, 6) is -1.02. The number of amides is 1. The second-order valence-corrected chi connectivity index (χ2v) is 7.11. The van der Waals surface area contributed by atoms with E-state index < -0.39 is 16.8 Å². The van der Waals surface area contributed by atoms with Crippen molar-refractivity contribution in [1.82, 2.24) is 5.32 Å². The maximum atomic E-state index is 12.8. The van der Waals surface area contributed by atoms with Crippen molar-refractivity contribution in [1.29, 1.82) is 0 Å². The van der Waals surface area contributed by atoms with Gasteiger partial charge in [0.05, 0.1) is 10.8 Å². The zero-order valence-corrected chi connectivity index (χ0v) is 13.7. The summed E-state index contributed by atoms with van der Waals surface area (Å²) in [4.78, 5) is 24.0. The molecule has 5 heteroatoms. The van der Waals surface area contributed by atoms with Crippen LogP contribution < -0.4 is 5.32 Å². The van der Waals surface area contributed by atoms with Crippen LogP contribution in [0.1, 0.15) is 45.1 Å². The molecule has 1 aromatic rings. The number of rotatable bonds is 5. The smallest absolute Gasteiger partial charge is 0.310 e. The molecule has 22 heavy (non-hydrogen) atoms. The lowest BCUT2D eigenvalue weighted by Gasteiger charge is -2.30. The van der Waals surface area contributed by atoms with Crippen molar-refractivity contribution in [3.8, 4) is 0 Å². The number of carbonyl (C=O) groups excluding carboxylic acids is 1. The average Bonchev–Trinajstić information content (AvgIpc) is 2.95. The molecule has 1 fully saturated rings. The minimum atomic E-state index is -0.982. The number of carbonyl (C=O) groups is 2. The molecule has 0 aliphatic heterocycles. The SMILES string of the molecule is CC(C)(CNC(=O)C1(c2cccc(Cl)c2)CCCC1)C(=O)O. The Morgan fingerprint density at radius 2 is 1.95 bits per heavy atom. The highest BCUT2D eigenvalue weighted by atomic mass is 35.5. The van der Waals surface area contributed by atoms with E-state index in [4.69, 9.17) is 16.7 Å². The van der Waals surface area contributed by atoms with Gasteiger partial charge in [-0.2, -0.15) is 0 Å². The molecule has 0 saturated heterocycles. The molecule has 1 aliphatic carbocycles. The number of benzene rings is 1. The van der Waals surface area contributed by atoms with Crippen molar-refractivity contribution >= 4 is 23.5 Å². The minimum Gasteiger partial charge on any atom is -0.481 e. The average molecular weight is 324 g/mol. The van der Waals surface area contributed by atoms with Crippen LogP contribution in [0.25, 0.3) is 0 Å². The number of hydrogen-bond donors (Lipinski definition) is 2. The van der Waals surface area contributed by atoms with Crippen LogP contribution in [0.4, 0.5) is 0 Å². The number of carboxylic acid groups (broad SMARTS) is 1. The van der Waals surface area contributed by atoms with E-state index in [1.807, 2.05) is 18.2 Å². The van der Waals surface area contributed by atoms with Gasteiger partial charge >= 0.3 is 5.97 Å². The van der Waals surface area contributed by atoms with Crippen LogP contribution in [0, 0.1) is 5.41 Å². The van der Waals surface area contributed by atoms with Crippen LogP contribution in [-0.2, 0) is 15.0 Å². The summed E-state index contributed by atoms with van der Waals surface area (Å²) in [6.45, 7) is 3.33. The van der Waals surface area contributed by atoms with Gasteiger partial charge in [-0.25, -0.2) is 0 Å². The fraction of sp³-hybridized carbons (Fsp3) is 0.529. The lowest BCUT2D eigenvalue weighted by molar-refractivity contribution is -0.147. The molecule has 0 bridgehead atoms. The summed E-state index contributed by atoms with van der Waals surface area (Å²) in [6.07, 6.45) is 3.52. The Balaban J connectivity index is 2.21. The van der Waals surface area contributed by atoms with E-state index in [0.717, 1.165) is 31.2 Å². The number of nitrogens with one attached hydrogen (secondary N) is 1. The van der Waals surface area contributed by atoms with E-state index in [1.54, 1.807) is 19.9 Å². The van der Waals surface area contributed by atoms with E-state index >= 15 is 0 Å². The summed E-state index contributed by atoms with van der Waals surface area (Å²) in [5.41, 5.74) is -0.647. The molecule has 0 radical (unpaired) electrons. The van der Waals surface area contributed by atoms with Crippen molar-refractivity contribution in [2.45, 2.75) is 44.9 Å². The van der Waals surface area contributed by atoms with Gasteiger partial charge < -0.3 is 10.4 Å². The molecular formula is C17H22ClNO3. The van der Waals surface area contributed by atoms with Gasteiger partial charge in [-0.1, -0.05) is 36.6 Å². The predicted molar refractivity (Wildman–Crippen MR) is 86.0 cm³/mol. The van der Waals surface area contributed by atoms with Gasteiger partial charge in [-0.05, 0) is 44.4 Å². The van der Waals surface area contributed by atoms with Gasteiger partial charge in [0.15, 0.2) is 0 Å². The van der Waals surface area contributed by atoms with Crippen LogP contribution >= 0.6 is 11.6 Å². The first kappa shape index (κ1) is 16.8. The van der Waals surface area contributed by atoms with Crippen molar-refractivity contribution in [2.75, 3.05) is 6.54 Å². The normalized spacial score (nSPS) is 17.2. The Morgan fingerprint density at radius 1 is 1.32 bits per heavy atom. The Labute approximate surface area is 135 Å². The topological polar surface area (TPSA) is 66.4 Å². The van der Waals surface area contributed by atoms with Crippen molar-refractivity contribution in [3.63, 3.8) is 0 Å². The van der Waals surface area contributed by atoms with Gasteiger partial charge in [0.1, 0.15) is 0 Å². The summed E-state index contributed by atoms with van der Waals surface area (Å²) in [5, 5.41) is 12.6. The van der Waals surface area contributed by atoms with E-state index in [2.05, 4.69) is 5.32 Å². The van der Waals surface area contributed by atoms with E-state index in [9.17, 15) is 9.59 Å². The van der Waals surface area contributed by atoms with Crippen molar-refractivity contribution in [2.24, 2.45) is 5.41 Å². The van der Waals surface area contributed by atoms with Crippen LogP contribution in [0.15, 0.2) is 24.3 Å². The minimum absolute atomic E-state index is 0.0957. The highest BCUT2D eigenvalue weighted by Crippen LogP contribution is 2.42. The number of halogens is 1. The highest BCUT2D eigenvalue weighted by Gasteiger charge is 2.43. The Hall–Kier alpha value is -1.55. The third-order valence-electron chi connectivity index (χ3n) is 4.54. The lowest BCUT2D eigenvalue weighted by Crippen LogP contribution is -2.47. The van der Waals surface area contributed by atoms with Crippen LogP contribution in [0.3, 0.4) is 0 Å². The first-order chi connectivity index (χ1) is 10.3. The monoisotopic (exact) mass is 323 g/mol. The fourth-order valence-corrected chi connectivity index (χ4v) is 3.15. The van der Waals surface area contributed by atoms with E-state index in [1.165, 1.54) is 0 Å². The zero-order chi connectivity index (χ0) is 16.4. The first-order valence-electron chi connectivity index (χ1n) is 7.56. The van der Waals surface area contributed by atoms with Crippen molar-refractivity contribution < 1.29 is 14.7 Å². The van der Waals surface area contributed by atoms with Gasteiger partial charge in [0.2, 0.25) is 5.91 Å². The number of aliphatic carboxylic acids is 1. The van der Waals surface area contributed by atoms with Crippen LogP contribution in [-0.4, -0.2) is 23.5 Å². The Morgan fingerprint density at radius 3 is 2.50 bits per heavy atom. The van der Waals surface area contributed by atoms with E-state index in [0.29, 0.717) is 5.02 Å². The molecule has 0 unspecified atom stereocenters. The molecule has 0 aromatic heterocycles. The second-order valence-electron chi connectivity index (χ2n) is 6.67. The molecule has 0 heterocycles. The Bertz CT molecular complexity index is 577. The summed E-state index contributed by atoms with van der Waals surface area (Å²) in [7, 11) is 0. The van der Waals surface area contributed by atoms with Crippen LogP contribution in [0.5, 0.6) is 0 Å². The second kappa shape index (κ2) is 6.29. The molecule has 1 saturated carbocycles. The zero-order valence-electron chi connectivity index (χ0n) is 13.0. The fourth-order valence-electron chi connectivity index (χ4n) is 2.96. The molecule has 2 N–H and O–H groups in total. The van der Waals surface area contributed by atoms with Crippen molar-refractivity contribution in [3.05, 3.63) is 34.9 Å². The highest BCUT2D eigenvalue weighted by molar-refractivity contribution is 6.30. The molecule has 4 nitrogen and oxygen atoms in total. The molecule has 1 aromatic carbocycles. The Kier molecular flexibility index (Phi) is 4.81. The third kappa shape index (κ3) is 3.27. The third-order valence-corrected chi connectivity index (χ3v) is 4.77. The first-order valence-corrected chi connectivity index (χ1v) is 7.93. The molecule has 0 spiro atoms. The maximum Gasteiger partial charge on any atom is 0.310 e. The molecule has 120 valence electrons. The predicted octanol–water partition coefficient (Wildman–Crippen LogP) is 3.38. The number of hydrogen-bond acceptors (Lipinski definition) is 2.